The van der Waals surface area contributed by atoms with Gasteiger partial charge in [-0.1, -0.05) is 24.3 Å². The highest BCUT2D eigenvalue weighted by molar-refractivity contribution is 6.09. The molecule has 0 heterocycles. The van der Waals surface area contributed by atoms with Gasteiger partial charge in [-0.25, -0.2) is 9.18 Å². The molecule has 0 aliphatic heterocycles. The molecular weight excluding hydrogens is 349 g/mol. The predicted molar refractivity (Wildman–Crippen MR) is 98.0 cm³/mol. The topological polar surface area (TPSA) is 91.2 Å². The van der Waals surface area contributed by atoms with Crippen molar-refractivity contribution < 1.29 is 18.7 Å². The summed E-state index contributed by atoms with van der Waals surface area (Å²) in [5, 5.41) is 14.5. The number of nitrogens with one attached hydrogen (secondary N) is 2. The van der Waals surface area contributed by atoms with Crippen LogP contribution in [-0.2, 0) is 16.1 Å². The summed E-state index contributed by atoms with van der Waals surface area (Å²) in [6.45, 7) is 2.13. The molecule has 0 aliphatic rings. The zero-order valence-electron chi connectivity index (χ0n) is 14.7. The van der Waals surface area contributed by atoms with Crippen molar-refractivity contribution >= 4 is 17.6 Å². The SMILES string of the molecule is CCOC(=O)c1ccccc1NC(=O)/C(C#N)=C\NCc1cccc(F)c1. The van der Waals surface area contributed by atoms with Crippen molar-refractivity contribution in [2.75, 3.05) is 11.9 Å². The number of anilines is 1. The summed E-state index contributed by atoms with van der Waals surface area (Å²) in [6, 6.07) is 14.1. The summed E-state index contributed by atoms with van der Waals surface area (Å²) in [5.74, 6) is -1.62. The summed E-state index contributed by atoms with van der Waals surface area (Å²) in [4.78, 5) is 24.3. The van der Waals surface area contributed by atoms with Crippen LogP contribution in [0.1, 0.15) is 22.8 Å². The first-order valence-corrected chi connectivity index (χ1v) is 8.20. The molecule has 0 aromatic heterocycles. The van der Waals surface area contributed by atoms with Crippen molar-refractivity contribution in [1.82, 2.24) is 5.32 Å². The summed E-state index contributed by atoms with van der Waals surface area (Å²) in [6.07, 6.45) is 1.24. The number of esters is 1. The molecule has 138 valence electrons. The number of nitriles is 1. The Morgan fingerprint density at radius 2 is 2.00 bits per heavy atom. The molecule has 0 saturated carbocycles. The standard InChI is InChI=1S/C20H18FN3O3/c1-2-27-20(26)17-8-3-4-9-18(17)24-19(25)15(11-22)13-23-12-14-6-5-7-16(21)10-14/h3-10,13,23H,2,12H2,1H3,(H,24,25)/b15-13-. The largest absolute Gasteiger partial charge is 0.462 e. The van der Waals surface area contributed by atoms with Crippen LogP contribution in [-0.4, -0.2) is 18.5 Å². The third kappa shape index (κ3) is 5.68. The average Bonchev–Trinajstić information content (AvgIpc) is 2.66. The Morgan fingerprint density at radius 1 is 1.22 bits per heavy atom. The molecule has 0 spiro atoms. The van der Waals surface area contributed by atoms with Gasteiger partial charge in [0.15, 0.2) is 0 Å². The Balaban J connectivity index is 2.07. The van der Waals surface area contributed by atoms with Crippen LogP contribution in [0, 0.1) is 17.1 Å². The van der Waals surface area contributed by atoms with E-state index in [0.29, 0.717) is 5.56 Å². The van der Waals surface area contributed by atoms with E-state index in [4.69, 9.17) is 4.74 Å². The van der Waals surface area contributed by atoms with Crippen LogP contribution in [0.25, 0.3) is 0 Å². The number of para-hydroxylation sites is 1. The van der Waals surface area contributed by atoms with Crippen molar-refractivity contribution in [3.63, 3.8) is 0 Å². The third-order valence-corrected chi connectivity index (χ3v) is 3.48. The number of carbonyl (C=O) groups excluding carboxylic acids is 2. The number of carbonyl (C=O) groups is 2. The Bertz CT molecular complexity index is 903. The molecular formula is C20H18FN3O3. The highest BCUT2D eigenvalue weighted by atomic mass is 19.1. The quantitative estimate of drug-likeness (QED) is 0.446. The van der Waals surface area contributed by atoms with Crippen molar-refractivity contribution in [1.29, 1.82) is 5.26 Å². The summed E-state index contributed by atoms with van der Waals surface area (Å²) < 4.78 is 18.1. The van der Waals surface area contributed by atoms with Crippen molar-refractivity contribution in [3.8, 4) is 6.07 Å². The lowest BCUT2D eigenvalue weighted by Crippen LogP contribution is -2.19. The average molecular weight is 367 g/mol. The van der Waals surface area contributed by atoms with Gasteiger partial charge < -0.3 is 15.4 Å². The van der Waals surface area contributed by atoms with Crippen LogP contribution in [0.3, 0.4) is 0 Å². The van der Waals surface area contributed by atoms with Gasteiger partial charge in [-0.15, -0.1) is 0 Å². The van der Waals surface area contributed by atoms with Gasteiger partial charge in [0.1, 0.15) is 17.5 Å². The van der Waals surface area contributed by atoms with Crippen molar-refractivity contribution in [2.24, 2.45) is 0 Å². The smallest absolute Gasteiger partial charge is 0.340 e. The van der Waals surface area contributed by atoms with Gasteiger partial charge in [0.25, 0.3) is 5.91 Å². The third-order valence-electron chi connectivity index (χ3n) is 3.48. The highest BCUT2D eigenvalue weighted by Crippen LogP contribution is 2.17. The zero-order valence-corrected chi connectivity index (χ0v) is 14.7. The van der Waals surface area contributed by atoms with E-state index < -0.39 is 11.9 Å². The normalized spacial score (nSPS) is 10.6. The lowest BCUT2D eigenvalue weighted by Gasteiger charge is -2.10. The number of ether oxygens (including phenoxy) is 1. The maximum atomic E-state index is 13.2. The first kappa shape index (κ1) is 19.7. The van der Waals surface area contributed by atoms with Gasteiger partial charge in [0, 0.05) is 12.7 Å². The van der Waals surface area contributed by atoms with Gasteiger partial charge in [-0.05, 0) is 36.8 Å². The fourth-order valence-corrected chi connectivity index (χ4v) is 2.24. The van der Waals surface area contributed by atoms with Crippen molar-refractivity contribution in [2.45, 2.75) is 13.5 Å². The van der Waals surface area contributed by atoms with Crippen LogP contribution in [0.2, 0.25) is 0 Å². The summed E-state index contributed by atoms with van der Waals surface area (Å²) in [5.41, 5.74) is 0.909. The van der Waals surface area contributed by atoms with E-state index in [2.05, 4.69) is 10.6 Å². The molecule has 0 atom stereocenters. The fourth-order valence-electron chi connectivity index (χ4n) is 2.24. The second kappa shape index (κ2) is 9.73. The number of amides is 1. The van der Waals surface area contributed by atoms with E-state index in [1.807, 2.05) is 0 Å². The maximum absolute atomic E-state index is 13.2. The lowest BCUT2D eigenvalue weighted by molar-refractivity contribution is -0.112. The van der Waals surface area contributed by atoms with Gasteiger partial charge in [0.05, 0.1) is 17.9 Å². The molecule has 7 heteroatoms. The van der Waals surface area contributed by atoms with E-state index in [0.717, 1.165) is 0 Å². The van der Waals surface area contributed by atoms with Crippen LogP contribution in [0.4, 0.5) is 10.1 Å². The number of benzene rings is 2. The van der Waals surface area contributed by atoms with Crippen LogP contribution in [0.5, 0.6) is 0 Å². The van der Waals surface area contributed by atoms with E-state index in [1.165, 1.54) is 24.4 Å². The summed E-state index contributed by atoms with van der Waals surface area (Å²) >= 11 is 0. The summed E-state index contributed by atoms with van der Waals surface area (Å²) in [7, 11) is 0. The number of hydrogen-bond acceptors (Lipinski definition) is 5. The number of hydrogen-bond donors (Lipinski definition) is 2. The van der Waals surface area contributed by atoms with Crippen molar-refractivity contribution in [3.05, 3.63) is 77.2 Å². The Morgan fingerprint density at radius 3 is 2.70 bits per heavy atom. The molecule has 6 nitrogen and oxygen atoms in total. The Kier molecular flexibility index (Phi) is 7.08. The van der Waals surface area contributed by atoms with Gasteiger partial charge in [0.2, 0.25) is 0 Å². The molecule has 2 rings (SSSR count). The van der Waals surface area contributed by atoms with E-state index in [-0.39, 0.29) is 35.8 Å². The van der Waals surface area contributed by atoms with Crippen LogP contribution < -0.4 is 10.6 Å². The monoisotopic (exact) mass is 367 g/mol. The molecule has 2 aromatic carbocycles. The highest BCUT2D eigenvalue weighted by Gasteiger charge is 2.16. The zero-order chi connectivity index (χ0) is 19.6. The molecule has 0 fully saturated rings. The second-order valence-electron chi connectivity index (χ2n) is 5.40. The molecule has 0 radical (unpaired) electrons. The molecule has 0 unspecified atom stereocenters. The molecule has 0 aliphatic carbocycles. The van der Waals surface area contributed by atoms with Gasteiger partial charge in [-0.3, -0.25) is 4.79 Å². The first-order chi connectivity index (χ1) is 13.0. The number of halogens is 1. The molecule has 2 N–H and O–H groups in total. The first-order valence-electron chi connectivity index (χ1n) is 8.20. The van der Waals surface area contributed by atoms with E-state index in [9.17, 15) is 19.2 Å². The van der Waals surface area contributed by atoms with Crippen LogP contribution in [0.15, 0.2) is 60.3 Å². The Labute approximate surface area is 156 Å². The van der Waals surface area contributed by atoms with Gasteiger partial charge >= 0.3 is 5.97 Å². The number of nitrogens with zero attached hydrogens (tertiary/aromatic N) is 1. The minimum atomic E-state index is -0.680. The second-order valence-corrected chi connectivity index (χ2v) is 5.40. The van der Waals surface area contributed by atoms with E-state index in [1.54, 1.807) is 43.3 Å². The molecule has 2 aromatic rings. The molecule has 27 heavy (non-hydrogen) atoms. The Hall–Kier alpha value is -3.66. The van der Waals surface area contributed by atoms with E-state index >= 15 is 0 Å². The lowest BCUT2D eigenvalue weighted by atomic mass is 10.1. The minimum Gasteiger partial charge on any atom is -0.462 e. The molecule has 0 saturated heterocycles. The molecule has 0 bridgehead atoms. The van der Waals surface area contributed by atoms with Gasteiger partial charge in [-0.2, -0.15) is 5.26 Å². The minimum absolute atomic E-state index is 0.190. The number of rotatable bonds is 7. The molecule has 1 amide bonds. The maximum Gasteiger partial charge on any atom is 0.340 e. The predicted octanol–water partition coefficient (Wildman–Crippen LogP) is 3.14. The fraction of sp³-hybridized carbons (Fsp3) is 0.150. The van der Waals surface area contributed by atoms with Crippen LogP contribution >= 0.6 is 0 Å².